The van der Waals surface area contributed by atoms with Gasteiger partial charge in [0.1, 0.15) is 17.6 Å². The molecule has 0 saturated carbocycles. The Morgan fingerprint density at radius 3 is 2.83 bits per heavy atom. The van der Waals surface area contributed by atoms with Crippen LogP contribution in [0.15, 0.2) is 12.1 Å². The summed E-state index contributed by atoms with van der Waals surface area (Å²) in [6.45, 7) is 4.63. The van der Waals surface area contributed by atoms with E-state index in [0.29, 0.717) is 23.7 Å². The number of halogens is 3. The fraction of sp³-hybridized carbons (Fsp3) is 0.467. The van der Waals surface area contributed by atoms with Gasteiger partial charge in [0.15, 0.2) is 0 Å². The van der Waals surface area contributed by atoms with Crippen molar-refractivity contribution in [2.24, 2.45) is 0 Å². The summed E-state index contributed by atoms with van der Waals surface area (Å²) in [5, 5.41) is 8.68. The van der Waals surface area contributed by atoms with Crippen molar-refractivity contribution < 1.29 is 22.6 Å². The van der Waals surface area contributed by atoms with Gasteiger partial charge in [0.25, 0.3) is 0 Å². The van der Waals surface area contributed by atoms with Crippen LogP contribution in [0.2, 0.25) is 0 Å². The number of aromatic nitrogens is 2. The fourth-order valence-electron chi connectivity index (χ4n) is 2.49. The Bertz CT molecular complexity index is 733. The molecule has 1 atom stereocenters. The van der Waals surface area contributed by atoms with E-state index in [2.05, 4.69) is 15.5 Å². The van der Waals surface area contributed by atoms with E-state index in [1.54, 1.807) is 0 Å². The van der Waals surface area contributed by atoms with E-state index in [1.807, 2.05) is 26.0 Å². The van der Waals surface area contributed by atoms with Crippen molar-refractivity contribution in [3.63, 3.8) is 0 Å². The van der Waals surface area contributed by atoms with Crippen LogP contribution in [0.4, 0.5) is 18.3 Å². The molecule has 24 heavy (non-hydrogen) atoms. The highest BCUT2D eigenvalue weighted by atomic mass is 32.1. The first kappa shape index (κ1) is 16.8. The molecule has 0 fully saturated rings. The van der Waals surface area contributed by atoms with Gasteiger partial charge in [0.2, 0.25) is 10.1 Å². The maximum Gasteiger partial charge on any atom is 0.445 e. The number of alkyl halides is 3. The Kier molecular flexibility index (Phi) is 4.53. The van der Waals surface area contributed by atoms with Gasteiger partial charge in [-0.05, 0) is 26.0 Å². The summed E-state index contributed by atoms with van der Waals surface area (Å²) in [7, 11) is 0. The molecule has 1 N–H and O–H groups in total. The number of nitrogens with zero attached hydrogens (tertiary/aromatic N) is 2. The molecule has 0 spiro atoms. The molecule has 0 radical (unpaired) electrons. The van der Waals surface area contributed by atoms with Gasteiger partial charge in [0.05, 0.1) is 6.61 Å². The highest BCUT2D eigenvalue weighted by molar-refractivity contribution is 7.15. The van der Waals surface area contributed by atoms with Crippen molar-refractivity contribution in [3.8, 4) is 11.5 Å². The Hall–Kier alpha value is -2.03. The summed E-state index contributed by atoms with van der Waals surface area (Å²) < 4.78 is 49.0. The Balaban J connectivity index is 1.77. The summed E-state index contributed by atoms with van der Waals surface area (Å²) >= 11 is 0.474. The first-order valence-electron chi connectivity index (χ1n) is 7.46. The summed E-state index contributed by atoms with van der Waals surface area (Å²) in [4.78, 5) is 0. The van der Waals surface area contributed by atoms with Crippen molar-refractivity contribution in [1.29, 1.82) is 0 Å². The van der Waals surface area contributed by atoms with E-state index in [-0.39, 0.29) is 17.8 Å². The fourth-order valence-corrected chi connectivity index (χ4v) is 3.10. The molecule has 1 aliphatic heterocycles. The summed E-state index contributed by atoms with van der Waals surface area (Å²) in [6.07, 6.45) is -3.56. The van der Waals surface area contributed by atoms with Gasteiger partial charge in [-0.3, -0.25) is 0 Å². The predicted octanol–water partition coefficient (Wildman–Crippen LogP) is 3.89. The van der Waals surface area contributed by atoms with E-state index in [9.17, 15) is 13.2 Å². The Labute approximate surface area is 140 Å². The molecule has 2 aromatic rings. The van der Waals surface area contributed by atoms with Crippen LogP contribution in [0.5, 0.6) is 11.5 Å². The Morgan fingerprint density at radius 1 is 1.38 bits per heavy atom. The molecular formula is C15H16F3N3O2S. The number of hydrogen-bond acceptors (Lipinski definition) is 6. The average Bonchev–Trinajstić information content (AvgIpc) is 3.10. The zero-order chi connectivity index (χ0) is 17.3. The van der Waals surface area contributed by atoms with Crippen LogP contribution in [-0.2, 0) is 19.1 Å². The van der Waals surface area contributed by atoms with Gasteiger partial charge in [-0.15, -0.1) is 10.2 Å². The Morgan fingerprint density at radius 2 is 2.17 bits per heavy atom. The third kappa shape index (κ3) is 3.55. The molecule has 130 valence electrons. The smallest absolute Gasteiger partial charge is 0.445 e. The summed E-state index contributed by atoms with van der Waals surface area (Å²) in [5.41, 5.74) is 1.87. The monoisotopic (exact) mass is 359 g/mol. The maximum absolute atomic E-state index is 12.6. The van der Waals surface area contributed by atoms with Crippen molar-refractivity contribution >= 4 is 16.5 Å². The zero-order valence-corrected chi connectivity index (χ0v) is 13.9. The SMILES string of the molecule is CCOc1cc2c(cc1CNc1nnc(C(F)(F)F)s1)OC(C)C2. The molecule has 3 rings (SSSR count). The number of nitrogens with one attached hydrogen (secondary N) is 1. The number of hydrogen-bond donors (Lipinski definition) is 1. The van der Waals surface area contributed by atoms with Crippen LogP contribution < -0.4 is 14.8 Å². The first-order chi connectivity index (χ1) is 11.4. The maximum atomic E-state index is 12.6. The molecule has 1 aromatic heterocycles. The van der Waals surface area contributed by atoms with E-state index in [4.69, 9.17) is 9.47 Å². The van der Waals surface area contributed by atoms with Gasteiger partial charge >= 0.3 is 6.18 Å². The van der Waals surface area contributed by atoms with Crippen LogP contribution >= 0.6 is 11.3 Å². The zero-order valence-electron chi connectivity index (χ0n) is 13.1. The van der Waals surface area contributed by atoms with E-state index in [1.165, 1.54) is 0 Å². The molecule has 9 heteroatoms. The lowest BCUT2D eigenvalue weighted by Gasteiger charge is -2.12. The van der Waals surface area contributed by atoms with Crippen LogP contribution in [-0.4, -0.2) is 22.9 Å². The predicted molar refractivity (Wildman–Crippen MR) is 83.6 cm³/mol. The van der Waals surface area contributed by atoms with Gasteiger partial charge in [-0.2, -0.15) is 13.2 Å². The minimum atomic E-state index is -4.48. The van der Waals surface area contributed by atoms with Crippen LogP contribution in [0, 0.1) is 0 Å². The number of rotatable bonds is 5. The highest BCUT2D eigenvalue weighted by Crippen LogP contribution is 2.36. The van der Waals surface area contributed by atoms with Crippen LogP contribution in [0.25, 0.3) is 0 Å². The molecule has 0 aliphatic carbocycles. The second-order valence-electron chi connectivity index (χ2n) is 5.40. The van der Waals surface area contributed by atoms with Gasteiger partial charge in [0, 0.05) is 24.1 Å². The number of ether oxygens (including phenoxy) is 2. The second kappa shape index (κ2) is 6.46. The van der Waals surface area contributed by atoms with E-state index >= 15 is 0 Å². The molecule has 5 nitrogen and oxygen atoms in total. The van der Waals surface area contributed by atoms with E-state index < -0.39 is 11.2 Å². The summed E-state index contributed by atoms with van der Waals surface area (Å²) in [6, 6.07) is 3.79. The van der Waals surface area contributed by atoms with Crippen LogP contribution in [0.1, 0.15) is 30.0 Å². The molecular weight excluding hydrogens is 343 g/mol. The quantitative estimate of drug-likeness (QED) is 0.878. The van der Waals surface area contributed by atoms with Gasteiger partial charge in [-0.1, -0.05) is 11.3 Å². The molecule has 0 bridgehead atoms. The lowest BCUT2D eigenvalue weighted by Crippen LogP contribution is -2.05. The molecule has 0 saturated heterocycles. The van der Waals surface area contributed by atoms with Gasteiger partial charge < -0.3 is 14.8 Å². The average molecular weight is 359 g/mol. The highest BCUT2D eigenvalue weighted by Gasteiger charge is 2.35. The minimum absolute atomic E-state index is 0.107. The van der Waals surface area contributed by atoms with Crippen molar-refractivity contribution in [2.75, 3.05) is 11.9 Å². The number of benzene rings is 1. The van der Waals surface area contributed by atoms with Crippen molar-refractivity contribution in [3.05, 3.63) is 28.3 Å². The van der Waals surface area contributed by atoms with Crippen molar-refractivity contribution in [1.82, 2.24) is 10.2 Å². The second-order valence-corrected chi connectivity index (χ2v) is 6.37. The molecule has 1 unspecified atom stereocenters. The normalized spacial score (nSPS) is 16.6. The first-order valence-corrected chi connectivity index (χ1v) is 8.28. The van der Waals surface area contributed by atoms with Crippen molar-refractivity contribution in [2.45, 2.75) is 39.1 Å². The molecule has 1 aromatic carbocycles. The van der Waals surface area contributed by atoms with E-state index in [0.717, 1.165) is 23.3 Å². The van der Waals surface area contributed by atoms with Crippen LogP contribution in [0.3, 0.4) is 0 Å². The third-order valence-electron chi connectivity index (χ3n) is 3.48. The lowest BCUT2D eigenvalue weighted by molar-refractivity contribution is -0.138. The largest absolute Gasteiger partial charge is 0.494 e. The topological polar surface area (TPSA) is 56.3 Å². The molecule has 0 amide bonds. The number of anilines is 1. The van der Waals surface area contributed by atoms with Gasteiger partial charge in [-0.25, -0.2) is 0 Å². The number of fused-ring (bicyclic) bond motifs is 1. The lowest BCUT2D eigenvalue weighted by atomic mass is 10.1. The molecule has 1 aliphatic rings. The minimum Gasteiger partial charge on any atom is -0.494 e. The summed E-state index contributed by atoms with van der Waals surface area (Å²) in [5.74, 6) is 1.48. The standard InChI is InChI=1S/C15H16F3N3O2S/c1-3-22-11-5-9-4-8(2)23-12(9)6-10(11)7-19-14-21-20-13(24-14)15(16,17)18/h5-6,8H,3-4,7H2,1-2H3,(H,19,21). The molecule has 2 heterocycles. The third-order valence-corrected chi connectivity index (χ3v) is 4.40.